The number of aliphatic hydroxyl groups excluding tert-OH is 1. The number of carbonyl (C=O) groups is 1. The summed E-state index contributed by atoms with van der Waals surface area (Å²) in [5, 5.41) is 21.3. The number of nitrogens with one attached hydrogen (secondary N) is 1. The number of carbonyl (C=O) groups excluding carboxylic acids is 1. The summed E-state index contributed by atoms with van der Waals surface area (Å²) in [6, 6.07) is 4.63. The van der Waals surface area contributed by atoms with Gasteiger partial charge in [-0.05, 0) is 47.0 Å². The minimum absolute atomic E-state index is 0.0292. The van der Waals surface area contributed by atoms with Crippen LogP contribution in [-0.4, -0.2) is 28.3 Å². The van der Waals surface area contributed by atoms with Gasteiger partial charge in [0, 0.05) is 5.56 Å². The molecular weight excluding hydrogens is 274 g/mol. The Hall–Kier alpha value is -1.07. The standard InChI is InChI=1S/C11H12BrNO3/c12-8-2-1-7(5-9(8)15)10(16)13-11(6-14)3-4-11/h1-2,5,14-15H,3-4,6H2,(H,13,16). The summed E-state index contributed by atoms with van der Waals surface area (Å²) in [4.78, 5) is 11.8. The van der Waals surface area contributed by atoms with E-state index in [1.807, 2.05) is 0 Å². The van der Waals surface area contributed by atoms with Crippen molar-refractivity contribution >= 4 is 21.8 Å². The van der Waals surface area contributed by atoms with Gasteiger partial charge in [0.05, 0.1) is 16.6 Å². The molecule has 1 aromatic carbocycles. The number of hydrogen-bond acceptors (Lipinski definition) is 3. The van der Waals surface area contributed by atoms with Crippen LogP contribution in [0.25, 0.3) is 0 Å². The van der Waals surface area contributed by atoms with E-state index >= 15 is 0 Å². The van der Waals surface area contributed by atoms with Crippen molar-refractivity contribution < 1.29 is 15.0 Å². The molecule has 0 heterocycles. The number of benzene rings is 1. The monoisotopic (exact) mass is 285 g/mol. The van der Waals surface area contributed by atoms with Crippen LogP contribution in [0.1, 0.15) is 23.2 Å². The summed E-state index contributed by atoms with van der Waals surface area (Å²) in [6.45, 7) is -0.0404. The van der Waals surface area contributed by atoms with Crippen LogP contribution in [0.3, 0.4) is 0 Å². The molecule has 0 atom stereocenters. The molecule has 0 aliphatic heterocycles. The highest BCUT2D eigenvalue weighted by molar-refractivity contribution is 9.10. The SMILES string of the molecule is O=C(NC1(CO)CC1)c1ccc(Br)c(O)c1. The molecule has 1 aromatic rings. The lowest BCUT2D eigenvalue weighted by molar-refractivity contribution is 0.0906. The first-order valence-corrected chi connectivity index (χ1v) is 5.77. The van der Waals surface area contributed by atoms with Crippen molar-refractivity contribution in [2.45, 2.75) is 18.4 Å². The number of aromatic hydroxyl groups is 1. The van der Waals surface area contributed by atoms with Gasteiger partial charge in [-0.1, -0.05) is 0 Å². The molecule has 0 bridgehead atoms. The number of halogens is 1. The smallest absolute Gasteiger partial charge is 0.251 e. The third-order valence-electron chi connectivity index (χ3n) is 2.74. The van der Waals surface area contributed by atoms with Crippen LogP contribution in [0.2, 0.25) is 0 Å². The molecule has 4 nitrogen and oxygen atoms in total. The van der Waals surface area contributed by atoms with E-state index in [1.165, 1.54) is 6.07 Å². The van der Waals surface area contributed by atoms with Crippen LogP contribution >= 0.6 is 15.9 Å². The normalized spacial score (nSPS) is 16.9. The van der Waals surface area contributed by atoms with Crippen molar-refractivity contribution in [1.82, 2.24) is 5.32 Å². The maximum Gasteiger partial charge on any atom is 0.251 e. The second-order valence-corrected chi connectivity index (χ2v) is 4.91. The Morgan fingerprint density at radius 1 is 1.50 bits per heavy atom. The van der Waals surface area contributed by atoms with Crippen molar-refractivity contribution in [3.05, 3.63) is 28.2 Å². The van der Waals surface area contributed by atoms with Crippen molar-refractivity contribution in [1.29, 1.82) is 0 Å². The van der Waals surface area contributed by atoms with Crippen LogP contribution in [0.4, 0.5) is 0 Å². The largest absolute Gasteiger partial charge is 0.507 e. The van der Waals surface area contributed by atoms with Crippen LogP contribution in [0.15, 0.2) is 22.7 Å². The van der Waals surface area contributed by atoms with Gasteiger partial charge in [-0.2, -0.15) is 0 Å². The fourth-order valence-electron chi connectivity index (χ4n) is 1.44. The predicted octanol–water partition coefficient (Wildman–Crippen LogP) is 1.41. The zero-order chi connectivity index (χ0) is 11.8. The fraction of sp³-hybridized carbons (Fsp3) is 0.364. The number of hydrogen-bond donors (Lipinski definition) is 3. The van der Waals surface area contributed by atoms with Gasteiger partial charge in [-0.3, -0.25) is 4.79 Å². The van der Waals surface area contributed by atoms with Crippen LogP contribution in [0.5, 0.6) is 5.75 Å². The summed E-state index contributed by atoms with van der Waals surface area (Å²) in [6.07, 6.45) is 1.61. The van der Waals surface area contributed by atoms with Crippen LogP contribution in [-0.2, 0) is 0 Å². The lowest BCUT2D eigenvalue weighted by Gasteiger charge is -2.14. The Morgan fingerprint density at radius 3 is 2.69 bits per heavy atom. The molecule has 0 aromatic heterocycles. The Kier molecular flexibility index (Phi) is 2.90. The van der Waals surface area contributed by atoms with E-state index in [4.69, 9.17) is 5.11 Å². The molecule has 1 aliphatic carbocycles. The molecule has 3 N–H and O–H groups in total. The molecule has 86 valence electrons. The zero-order valence-electron chi connectivity index (χ0n) is 8.53. The Balaban J connectivity index is 2.12. The highest BCUT2D eigenvalue weighted by Gasteiger charge is 2.43. The lowest BCUT2D eigenvalue weighted by Crippen LogP contribution is -2.39. The van der Waals surface area contributed by atoms with Gasteiger partial charge in [-0.15, -0.1) is 0 Å². The lowest BCUT2D eigenvalue weighted by atomic mass is 10.2. The molecule has 16 heavy (non-hydrogen) atoms. The molecule has 0 unspecified atom stereocenters. The molecule has 2 rings (SSSR count). The van der Waals surface area contributed by atoms with Crippen LogP contribution in [0, 0.1) is 0 Å². The molecule has 0 spiro atoms. The second kappa shape index (κ2) is 4.07. The first-order valence-electron chi connectivity index (χ1n) is 4.98. The van der Waals surface area contributed by atoms with Crippen LogP contribution < -0.4 is 5.32 Å². The Labute approximate surface area is 101 Å². The summed E-state index contributed by atoms with van der Waals surface area (Å²) >= 11 is 3.14. The maximum absolute atomic E-state index is 11.8. The van der Waals surface area contributed by atoms with E-state index in [9.17, 15) is 9.90 Å². The fourth-order valence-corrected chi connectivity index (χ4v) is 1.69. The van der Waals surface area contributed by atoms with Gasteiger partial charge in [-0.25, -0.2) is 0 Å². The first-order chi connectivity index (χ1) is 7.56. The summed E-state index contributed by atoms with van der Waals surface area (Å²) in [5.74, 6) is -0.240. The highest BCUT2D eigenvalue weighted by Crippen LogP contribution is 2.35. The Bertz CT molecular complexity index is 429. The highest BCUT2D eigenvalue weighted by atomic mass is 79.9. The minimum Gasteiger partial charge on any atom is -0.507 e. The van der Waals surface area contributed by atoms with E-state index in [0.29, 0.717) is 10.0 Å². The number of phenolic OH excluding ortho intramolecular Hbond substituents is 1. The quantitative estimate of drug-likeness (QED) is 0.787. The van der Waals surface area contributed by atoms with Gasteiger partial charge in [0.15, 0.2) is 0 Å². The third-order valence-corrected chi connectivity index (χ3v) is 3.41. The predicted molar refractivity (Wildman–Crippen MR) is 62.3 cm³/mol. The first kappa shape index (κ1) is 11.4. The van der Waals surface area contributed by atoms with Gasteiger partial charge in [0.1, 0.15) is 5.75 Å². The molecule has 1 saturated carbocycles. The second-order valence-electron chi connectivity index (χ2n) is 4.06. The average Bonchev–Trinajstić information content (AvgIpc) is 3.02. The van der Waals surface area contributed by atoms with E-state index < -0.39 is 5.54 Å². The molecule has 1 amide bonds. The minimum atomic E-state index is -0.431. The summed E-state index contributed by atoms with van der Waals surface area (Å²) < 4.78 is 0.548. The number of aliphatic hydroxyl groups is 1. The molecule has 0 saturated heterocycles. The number of rotatable bonds is 3. The maximum atomic E-state index is 11.8. The molecule has 1 fully saturated rings. The van der Waals surface area contributed by atoms with Crippen molar-refractivity contribution in [2.24, 2.45) is 0 Å². The van der Waals surface area contributed by atoms with E-state index in [-0.39, 0.29) is 18.3 Å². The average molecular weight is 286 g/mol. The van der Waals surface area contributed by atoms with E-state index in [2.05, 4.69) is 21.2 Å². The summed E-state index contributed by atoms with van der Waals surface area (Å²) in [7, 11) is 0. The van der Waals surface area contributed by atoms with Crippen molar-refractivity contribution in [3.8, 4) is 5.75 Å². The van der Waals surface area contributed by atoms with Crippen molar-refractivity contribution in [3.63, 3.8) is 0 Å². The third kappa shape index (κ3) is 2.20. The van der Waals surface area contributed by atoms with E-state index in [0.717, 1.165) is 12.8 Å². The Morgan fingerprint density at radius 2 is 2.19 bits per heavy atom. The molecule has 5 heteroatoms. The number of phenols is 1. The van der Waals surface area contributed by atoms with Gasteiger partial charge >= 0.3 is 0 Å². The zero-order valence-corrected chi connectivity index (χ0v) is 10.1. The summed E-state index contributed by atoms with van der Waals surface area (Å²) in [5.41, 5.74) is -0.0415. The molecule has 0 radical (unpaired) electrons. The van der Waals surface area contributed by atoms with Gasteiger partial charge in [0.25, 0.3) is 5.91 Å². The van der Waals surface area contributed by atoms with Gasteiger partial charge in [0.2, 0.25) is 0 Å². The van der Waals surface area contributed by atoms with Crippen molar-refractivity contribution in [2.75, 3.05) is 6.61 Å². The van der Waals surface area contributed by atoms with E-state index in [1.54, 1.807) is 12.1 Å². The molecular formula is C11H12BrNO3. The van der Waals surface area contributed by atoms with Gasteiger partial charge < -0.3 is 15.5 Å². The topological polar surface area (TPSA) is 69.6 Å². The molecule has 1 aliphatic rings. The number of amides is 1.